The van der Waals surface area contributed by atoms with Crippen molar-refractivity contribution in [3.63, 3.8) is 0 Å². The molecule has 0 spiro atoms. The summed E-state index contributed by atoms with van der Waals surface area (Å²) in [6, 6.07) is 7.23. The number of rotatable bonds is 3. The number of halogens is 1. The van der Waals surface area contributed by atoms with Gasteiger partial charge in [-0.15, -0.1) is 0 Å². The van der Waals surface area contributed by atoms with Crippen LogP contribution in [0.1, 0.15) is 32.4 Å². The van der Waals surface area contributed by atoms with Gasteiger partial charge in [-0.05, 0) is 38.5 Å². The maximum atomic E-state index is 12.0. The largest absolute Gasteiger partial charge is 0.444 e. The normalized spacial score (nSPS) is 17.9. The number of β-amino-alcohol motifs (C(OH)–C–C–N with tert-alkyl or cyclic N) is 1. The summed E-state index contributed by atoms with van der Waals surface area (Å²) in [5.41, 5.74) is 0.378. The molecule has 1 fully saturated rings. The lowest BCUT2D eigenvalue weighted by Crippen LogP contribution is -2.50. The monoisotopic (exact) mass is 340 g/mol. The molecule has 128 valence electrons. The summed E-state index contributed by atoms with van der Waals surface area (Å²) >= 11 is 5.86. The number of hydrogen-bond acceptors (Lipinski definition) is 4. The van der Waals surface area contributed by atoms with E-state index in [-0.39, 0.29) is 6.09 Å². The molecule has 1 aromatic carbocycles. The molecule has 1 N–H and O–H groups in total. The van der Waals surface area contributed by atoms with Crippen LogP contribution in [-0.2, 0) is 4.74 Å². The van der Waals surface area contributed by atoms with Crippen molar-refractivity contribution in [3.05, 3.63) is 34.9 Å². The van der Waals surface area contributed by atoms with E-state index in [1.54, 1.807) is 17.0 Å². The van der Waals surface area contributed by atoms with Crippen LogP contribution in [0.4, 0.5) is 4.79 Å². The number of hydrogen-bond donors (Lipinski definition) is 1. The van der Waals surface area contributed by atoms with Gasteiger partial charge in [0.1, 0.15) is 5.60 Å². The average Bonchev–Trinajstić information content (AvgIpc) is 2.46. The zero-order valence-corrected chi connectivity index (χ0v) is 14.7. The Kier molecular flexibility index (Phi) is 5.89. The van der Waals surface area contributed by atoms with Gasteiger partial charge >= 0.3 is 6.09 Å². The number of amides is 1. The summed E-state index contributed by atoms with van der Waals surface area (Å²) in [6.07, 6.45) is -0.823. The van der Waals surface area contributed by atoms with Gasteiger partial charge in [0.2, 0.25) is 0 Å². The van der Waals surface area contributed by atoms with Crippen molar-refractivity contribution < 1.29 is 14.6 Å². The van der Waals surface area contributed by atoms with Crippen LogP contribution in [0.2, 0.25) is 5.02 Å². The van der Waals surface area contributed by atoms with Crippen molar-refractivity contribution in [2.75, 3.05) is 32.7 Å². The molecular formula is C17H25ClN2O3. The van der Waals surface area contributed by atoms with E-state index in [2.05, 4.69) is 4.90 Å². The van der Waals surface area contributed by atoms with Crippen LogP contribution in [0.25, 0.3) is 0 Å². The number of aliphatic hydroxyl groups is 1. The van der Waals surface area contributed by atoms with Gasteiger partial charge in [-0.1, -0.05) is 23.7 Å². The van der Waals surface area contributed by atoms with Crippen molar-refractivity contribution >= 4 is 17.7 Å². The molecule has 1 amide bonds. The van der Waals surface area contributed by atoms with E-state index in [9.17, 15) is 9.90 Å². The van der Waals surface area contributed by atoms with E-state index in [1.807, 2.05) is 32.9 Å². The predicted molar refractivity (Wildman–Crippen MR) is 90.7 cm³/mol. The molecule has 0 aromatic heterocycles. The van der Waals surface area contributed by atoms with Gasteiger partial charge in [0.15, 0.2) is 0 Å². The maximum Gasteiger partial charge on any atom is 0.410 e. The molecular weight excluding hydrogens is 316 g/mol. The Morgan fingerprint density at radius 3 is 2.30 bits per heavy atom. The highest BCUT2D eigenvalue weighted by Gasteiger charge is 2.26. The van der Waals surface area contributed by atoms with Crippen LogP contribution in [0.5, 0.6) is 0 Å². The molecule has 1 unspecified atom stereocenters. The molecule has 1 atom stereocenters. The Morgan fingerprint density at radius 1 is 1.22 bits per heavy atom. The quantitative estimate of drug-likeness (QED) is 0.919. The Balaban J connectivity index is 1.80. The fraction of sp³-hybridized carbons (Fsp3) is 0.588. The number of ether oxygens (including phenoxy) is 1. The van der Waals surface area contributed by atoms with Gasteiger partial charge in [0.25, 0.3) is 0 Å². The number of piperazine rings is 1. The molecule has 6 heteroatoms. The minimum absolute atomic E-state index is 0.268. The molecule has 1 aliphatic rings. The molecule has 1 aliphatic heterocycles. The molecule has 1 saturated heterocycles. The van der Waals surface area contributed by atoms with Crippen LogP contribution < -0.4 is 0 Å². The lowest BCUT2D eigenvalue weighted by Gasteiger charge is -2.36. The van der Waals surface area contributed by atoms with Crippen molar-refractivity contribution in [2.45, 2.75) is 32.5 Å². The molecule has 0 radical (unpaired) electrons. The van der Waals surface area contributed by atoms with Crippen LogP contribution in [0.15, 0.2) is 24.3 Å². The minimum Gasteiger partial charge on any atom is -0.444 e. The molecule has 0 aliphatic carbocycles. The predicted octanol–water partition coefficient (Wildman–Crippen LogP) is 2.93. The van der Waals surface area contributed by atoms with Crippen LogP contribution in [-0.4, -0.2) is 59.3 Å². The van der Waals surface area contributed by atoms with Gasteiger partial charge in [-0.2, -0.15) is 0 Å². The summed E-state index contributed by atoms with van der Waals surface area (Å²) in [7, 11) is 0. The fourth-order valence-corrected chi connectivity index (χ4v) is 2.60. The van der Waals surface area contributed by atoms with Crippen molar-refractivity contribution in [1.82, 2.24) is 9.80 Å². The lowest BCUT2D eigenvalue weighted by atomic mass is 10.1. The lowest BCUT2D eigenvalue weighted by molar-refractivity contribution is 0.0101. The first-order valence-electron chi connectivity index (χ1n) is 7.88. The van der Waals surface area contributed by atoms with E-state index < -0.39 is 11.7 Å². The average molecular weight is 341 g/mol. The third-order valence-corrected chi connectivity index (χ3v) is 3.96. The second kappa shape index (κ2) is 7.51. The zero-order chi connectivity index (χ0) is 17.0. The Morgan fingerprint density at radius 2 is 1.78 bits per heavy atom. The molecule has 2 rings (SSSR count). The second-order valence-corrected chi connectivity index (χ2v) is 7.27. The van der Waals surface area contributed by atoms with Crippen molar-refractivity contribution in [2.24, 2.45) is 0 Å². The number of aliphatic hydroxyl groups excluding tert-OH is 1. The molecule has 0 saturated carbocycles. The first kappa shape index (κ1) is 18.0. The number of benzene rings is 1. The minimum atomic E-state index is -0.555. The van der Waals surface area contributed by atoms with E-state index in [1.165, 1.54) is 0 Å². The molecule has 1 heterocycles. The van der Waals surface area contributed by atoms with E-state index >= 15 is 0 Å². The Bertz CT molecular complexity index is 520. The summed E-state index contributed by atoms with van der Waals surface area (Å²) < 4.78 is 5.38. The molecule has 23 heavy (non-hydrogen) atoms. The third-order valence-electron chi connectivity index (χ3n) is 3.71. The highest BCUT2D eigenvalue weighted by atomic mass is 35.5. The van der Waals surface area contributed by atoms with Crippen LogP contribution in [0, 0.1) is 0 Å². The summed E-state index contributed by atoms with van der Waals surface area (Å²) in [4.78, 5) is 15.9. The standard InChI is InChI=1S/C17H25ClN2O3/c1-17(2,3)23-16(22)20-10-8-19(9-11-20)12-15(21)13-4-6-14(18)7-5-13/h4-7,15,21H,8-12H2,1-3H3. The van der Waals surface area contributed by atoms with Crippen molar-refractivity contribution in [1.29, 1.82) is 0 Å². The molecule has 5 nitrogen and oxygen atoms in total. The topological polar surface area (TPSA) is 53.0 Å². The number of nitrogens with zero attached hydrogens (tertiary/aromatic N) is 2. The summed E-state index contributed by atoms with van der Waals surface area (Å²) in [5, 5.41) is 11.0. The van der Waals surface area contributed by atoms with Gasteiger partial charge in [0.05, 0.1) is 6.10 Å². The van der Waals surface area contributed by atoms with E-state index in [0.717, 1.165) is 18.7 Å². The number of carbonyl (C=O) groups excluding carboxylic acids is 1. The van der Waals surface area contributed by atoms with E-state index in [0.29, 0.717) is 24.7 Å². The number of carbonyl (C=O) groups is 1. The van der Waals surface area contributed by atoms with Gasteiger partial charge in [-0.25, -0.2) is 4.79 Å². The van der Waals surface area contributed by atoms with Crippen LogP contribution >= 0.6 is 11.6 Å². The first-order chi connectivity index (χ1) is 10.7. The SMILES string of the molecule is CC(C)(C)OC(=O)N1CCN(CC(O)c2ccc(Cl)cc2)CC1. The molecule has 1 aromatic rings. The second-order valence-electron chi connectivity index (χ2n) is 6.84. The Labute approximate surface area is 142 Å². The van der Waals surface area contributed by atoms with Gasteiger partial charge in [0, 0.05) is 37.7 Å². The third kappa shape index (κ3) is 5.68. The van der Waals surface area contributed by atoms with Crippen LogP contribution in [0.3, 0.4) is 0 Å². The van der Waals surface area contributed by atoms with Gasteiger partial charge in [-0.3, -0.25) is 4.90 Å². The maximum absolute atomic E-state index is 12.0. The van der Waals surface area contributed by atoms with Gasteiger partial charge < -0.3 is 14.7 Å². The fourth-order valence-electron chi connectivity index (χ4n) is 2.47. The highest BCUT2D eigenvalue weighted by molar-refractivity contribution is 6.30. The zero-order valence-electron chi connectivity index (χ0n) is 14.0. The van der Waals surface area contributed by atoms with Crippen molar-refractivity contribution in [3.8, 4) is 0 Å². The summed E-state index contributed by atoms with van der Waals surface area (Å²) in [6.45, 7) is 8.82. The smallest absolute Gasteiger partial charge is 0.410 e. The van der Waals surface area contributed by atoms with E-state index in [4.69, 9.17) is 16.3 Å². The first-order valence-corrected chi connectivity index (χ1v) is 8.26. The highest BCUT2D eigenvalue weighted by Crippen LogP contribution is 2.18. The Hall–Kier alpha value is -1.30. The molecule has 0 bridgehead atoms. The summed E-state index contributed by atoms with van der Waals surface area (Å²) in [5.74, 6) is 0.